The molecule has 0 spiro atoms. The molecule has 0 heterocycles. The Labute approximate surface area is 59.3 Å². The fourth-order valence-electron chi connectivity index (χ4n) is 1.01. The van der Waals surface area contributed by atoms with E-state index in [0.717, 1.165) is 0 Å². The van der Waals surface area contributed by atoms with Gasteiger partial charge in [-0.05, 0) is 6.42 Å². The lowest BCUT2D eigenvalue weighted by Crippen LogP contribution is -2.20. The van der Waals surface area contributed by atoms with Crippen molar-refractivity contribution in [2.45, 2.75) is 6.42 Å². The highest BCUT2D eigenvalue weighted by molar-refractivity contribution is 5.88. The van der Waals surface area contributed by atoms with Crippen molar-refractivity contribution >= 4 is 5.97 Å². The second-order valence-electron chi connectivity index (χ2n) is 2.42. The maximum absolute atomic E-state index is 10.2. The summed E-state index contributed by atoms with van der Waals surface area (Å²) in [7, 11) is 1.62. The molecule has 56 valence electrons. The first-order chi connectivity index (χ1) is 4.74. The van der Waals surface area contributed by atoms with Gasteiger partial charge in [0.15, 0.2) is 0 Å². The van der Waals surface area contributed by atoms with Gasteiger partial charge >= 0.3 is 5.97 Å². The minimum absolute atomic E-state index is 0.330. The van der Waals surface area contributed by atoms with Gasteiger partial charge in [0.2, 0.25) is 0 Å². The summed E-state index contributed by atoms with van der Waals surface area (Å²) < 4.78 is 4.84. The van der Waals surface area contributed by atoms with Crippen LogP contribution in [-0.2, 0) is 9.53 Å². The van der Waals surface area contributed by atoms with E-state index in [4.69, 9.17) is 9.84 Å². The monoisotopic (exact) mass is 142 g/mol. The molecule has 0 saturated heterocycles. The van der Waals surface area contributed by atoms with Crippen molar-refractivity contribution in [1.82, 2.24) is 0 Å². The largest absolute Gasteiger partial charge is 0.478 e. The highest BCUT2D eigenvalue weighted by Crippen LogP contribution is 2.25. The molecule has 1 rings (SSSR count). The minimum Gasteiger partial charge on any atom is -0.478 e. The van der Waals surface area contributed by atoms with Crippen LogP contribution in [0, 0.1) is 5.92 Å². The third kappa shape index (κ3) is 1.36. The molecule has 1 aliphatic carbocycles. The molecule has 0 radical (unpaired) electrons. The number of methoxy groups -OCH3 is 1. The zero-order valence-electron chi connectivity index (χ0n) is 5.83. The van der Waals surface area contributed by atoms with Crippen molar-refractivity contribution in [3.05, 3.63) is 11.6 Å². The van der Waals surface area contributed by atoms with Crippen LogP contribution in [-0.4, -0.2) is 24.8 Å². The Morgan fingerprint density at radius 3 is 3.00 bits per heavy atom. The van der Waals surface area contributed by atoms with Gasteiger partial charge in [0.1, 0.15) is 0 Å². The van der Waals surface area contributed by atoms with Gasteiger partial charge in [-0.2, -0.15) is 0 Å². The molecule has 3 nitrogen and oxygen atoms in total. The maximum Gasteiger partial charge on any atom is 0.331 e. The van der Waals surface area contributed by atoms with E-state index in [1.807, 2.05) is 0 Å². The summed E-state index contributed by atoms with van der Waals surface area (Å²) >= 11 is 0. The lowest BCUT2D eigenvalue weighted by Gasteiger charge is -2.21. The van der Waals surface area contributed by atoms with Crippen LogP contribution in [0.4, 0.5) is 0 Å². The van der Waals surface area contributed by atoms with Crippen LogP contribution in [0.5, 0.6) is 0 Å². The van der Waals surface area contributed by atoms with E-state index in [-0.39, 0.29) is 0 Å². The summed E-state index contributed by atoms with van der Waals surface area (Å²) in [6.07, 6.45) is 2.40. The van der Waals surface area contributed by atoms with E-state index in [1.165, 1.54) is 0 Å². The third-order valence-electron chi connectivity index (χ3n) is 1.57. The fourth-order valence-corrected chi connectivity index (χ4v) is 1.01. The first kappa shape index (κ1) is 7.28. The predicted octanol–water partition coefficient (Wildman–Crippen LogP) is 0.664. The van der Waals surface area contributed by atoms with E-state index >= 15 is 0 Å². The van der Waals surface area contributed by atoms with Gasteiger partial charge < -0.3 is 9.84 Å². The van der Waals surface area contributed by atoms with E-state index in [9.17, 15) is 4.79 Å². The number of hydrogen-bond acceptors (Lipinski definition) is 2. The van der Waals surface area contributed by atoms with Crippen LogP contribution in [0.25, 0.3) is 0 Å². The molecular weight excluding hydrogens is 132 g/mol. The summed E-state index contributed by atoms with van der Waals surface area (Å²) in [5, 5.41) is 8.41. The lowest BCUT2D eigenvalue weighted by molar-refractivity contribution is -0.133. The van der Waals surface area contributed by atoms with Crippen molar-refractivity contribution in [1.29, 1.82) is 0 Å². The Hall–Kier alpha value is -0.830. The molecule has 1 N–H and O–H groups in total. The average molecular weight is 142 g/mol. The fraction of sp³-hybridized carbons (Fsp3) is 0.571. The van der Waals surface area contributed by atoms with Crippen molar-refractivity contribution in [2.24, 2.45) is 5.92 Å². The highest BCUT2D eigenvalue weighted by atomic mass is 16.5. The van der Waals surface area contributed by atoms with Gasteiger partial charge in [-0.15, -0.1) is 0 Å². The molecule has 1 atom stereocenters. The summed E-state index contributed by atoms with van der Waals surface area (Å²) in [6.45, 7) is 0.636. The van der Waals surface area contributed by atoms with Gasteiger partial charge in [-0.1, -0.05) is 6.08 Å². The molecule has 0 aliphatic heterocycles. The summed E-state index contributed by atoms with van der Waals surface area (Å²) in [5.74, 6) is -0.469. The van der Waals surface area contributed by atoms with E-state index in [1.54, 1.807) is 13.2 Å². The molecule has 0 aromatic rings. The first-order valence-electron chi connectivity index (χ1n) is 3.17. The smallest absolute Gasteiger partial charge is 0.331 e. The van der Waals surface area contributed by atoms with Crippen LogP contribution in [0.15, 0.2) is 11.6 Å². The van der Waals surface area contributed by atoms with E-state index in [0.29, 0.717) is 24.5 Å². The van der Waals surface area contributed by atoms with Crippen LogP contribution in [0.2, 0.25) is 0 Å². The van der Waals surface area contributed by atoms with Crippen molar-refractivity contribution in [3.8, 4) is 0 Å². The maximum atomic E-state index is 10.2. The first-order valence-corrected chi connectivity index (χ1v) is 3.17. The van der Waals surface area contributed by atoms with Gasteiger partial charge in [0.05, 0.1) is 6.61 Å². The molecular formula is C7H10O3. The molecule has 10 heavy (non-hydrogen) atoms. The minimum atomic E-state index is -0.799. The number of carbonyl (C=O) groups is 1. The van der Waals surface area contributed by atoms with Crippen molar-refractivity contribution in [3.63, 3.8) is 0 Å². The molecule has 0 fully saturated rings. The Balaban J connectivity index is 2.33. The molecule has 1 unspecified atom stereocenters. The zero-order chi connectivity index (χ0) is 7.56. The molecule has 3 heteroatoms. The standard InChI is InChI=1S/C7H10O3/c1-10-4-5-2-6(3-5)7(8)9/h2,5H,3-4H2,1H3,(H,8,9). The number of hydrogen-bond donors (Lipinski definition) is 1. The highest BCUT2D eigenvalue weighted by Gasteiger charge is 2.23. The summed E-state index contributed by atoms with van der Waals surface area (Å²) in [6, 6.07) is 0. The van der Waals surface area contributed by atoms with Crippen LogP contribution < -0.4 is 0 Å². The van der Waals surface area contributed by atoms with Crippen molar-refractivity contribution < 1.29 is 14.6 Å². The van der Waals surface area contributed by atoms with Gasteiger partial charge in [0.25, 0.3) is 0 Å². The lowest BCUT2D eigenvalue weighted by atomic mass is 9.87. The molecule has 0 aromatic heterocycles. The average Bonchev–Trinajstić information content (AvgIpc) is 1.76. The summed E-state index contributed by atoms with van der Waals surface area (Å²) in [5.41, 5.74) is 0.516. The Bertz CT molecular complexity index is 172. The molecule has 0 bridgehead atoms. The van der Waals surface area contributed by atoms with E-state index < -0.39 is 5.97 Å². The topological polar surface area (TPSA) is 46.5 Å². The van der Waals surface area contributed by atoms with Crippen LogP contribution in [0.3, 0.4) is 0 Å². The number of carboxylic acids is 1. The van der Waals surface area contributed by atoms with E-state index in [2.05, 4.69) is 0 Å². The van der Waals surface area contributed by atoms with Gasteiger partial charge in [0, 0.05) is 18.6 Å². The Morgan fingerprint density at radius 2 is 2.60 bits per heavy atom. The van der Waals surface area contributed by atoms with Crippen LogP contribution >= 0.6 is 0 Å². The Kier molecular flexibility index (Phi) is 2.06. The number of rotatable bonds is 3. The molecule has 0 amide bonds. The molecule has 0 aromatic carbocycles. The number of ether oxygens (including phenoxy) is 1. The van der Waals surface area contributed by atoms with Gasteiger partial charge in [-0.25, -0.2) is 4.79 Å². The molecule has 0 saturated carbocycles. The van der Waals surface area contributed by atoms with Crippen molar-refractivity contribution in [2.75, 3.05) is 13.7 Å². The quantitative estimate of drug-likeness (QED) is 0.629. The predicted molar refractivity (Wildman–Crippen MR) is 35.7 cm³/mol. The second kappa shape index (κ2) is 2.84. The SMILES string of the molecule is COCC1C=C(C(=O)O)C1. The van der Waals surface area contributed by atoms with Crippen LogP contribution in [0.1, 0.15) is 6.42 Å². The molecule has 1 aliphatic rings. The number of aliphatic carboxylic acids is 1. The normalized spacial score (nSPS) is 23.3. The second-order valence-corrected chi connectivity index (χ2v) is 2.42. The zero-order valence-corrected chi connectivity index (χ0v) is 5.83. The Morgan fingerprint density at radius 1 is 2.00 bits per heavy atom. The van der Waals surface area contributed by atoms with Gasteiger partial charge in [-0.3, -0.25) is 0 Å². The third-order valence-corrected chi connectivity index (χ3v) is 1.57. The number of carboxylic acid groups (broad SMARTS) is 1. The summed E-state index contributed by atoms with van der Waals surface area (Å²) in [4.78, 5) is 10.2.